The van der Waals surface area contributed by atoms with Crippen molar-refractivity contribution in [2.75, 3.05) is 74.9 Å². The van der Waals surface area contributed by atoms with Gasteiger partial charge in [-0.1, -0.05) is 50.1 Å². The van der Waals surface area contributed by atoms with Crippen molar-refractivity contribution in [2.24, 2.45) is 16.2 Å². The van der Waals surface area contributed by atoms with Gasteiger partial charge in [0.15, 0.2) is 0 Å². The van der Waals surface area contributed by atoms with Crippen molar-refractivity contribution in [3.63, 3.8) is 0 Å². The van der Waals surface area contributed by atoms with Crippen LogP contribution in [0.25, 0.3) is 0 Å². The summed E-state index contributed by atoms with van der Waals surface area (Å²) in [7, 11) is -11.0. The Morgan fingerprint density at radius 3 is 2.20 bits per heavy atom. The van der Waals surface area contributed by atoms with Crippen molar-refractivity contribution in [1.82, 2.24) is 14.5 Å². The lowest BCUT2D eigenvalue weighted by Gasteiger charge is -2.72. The van der Waals surface area contributed by atoms with E-state index in [2.05, 4.69) is 29.0 Å². The first-order valence-corrected chi connectivity index (χ1v) is 26.4. The minimum Gasteiger partial charge on any atom is -0.395 e. The van der Waals surface area contributed by atoms with E-state index in [1.165, 1.54) is 35.0 Å². The highest BCUT2D eigenvalue weighted by Gasteiger charge is 2.73. The smallest absolute Gasteiger partial charge is 0.395 e. The van der Waals surface area contributed by atoms with Crippen molar-refractivity contribution in [1.29, 1.82) is 0 Å². The van der Waals surface area contributed by atoms with E-state index < -0.39 is 64.6 Å². The molecule has 3 aromatic rings. The Labute approximate surface area is 389 Å². The van der Waals surface area contributed by atoms with Gasteiger partial charge in [-0.05, 0) is 117 Å². The number of nitrogens with zero attached hydrogens (tertiary/aromatic N) is 3. The molecule has 11 nitrogen and oxygen atoms in total. The summed E-state index contributed by atoms with van der Waals surface area (Å²) >= 11 is 1.40. The van der Waals surface area contributed by atoms with Crippen molar-refractivity contribution in [3.8, 4) is 0 Å². The second-order valence-electron chi connectivity index (χ2n) is 19.2. The quantitative estimate of drug-likeness (QED) is 0.0572. The molecule has 8 rings (SSSR count). The van der Waals surface area contributed by atoms with Gasteiger partial charge in [0.2, 0.25) is 6.43 Å². The monoisotopic (exact) mass is 981 g/mol. The highest BCUT2D eigenvalue weighted by atomic mass is 32.2. The second-order valence-corrected chi connectivity index (χ2v) is 23.8. The predicted molar refractivity (Wildman–Crippen MR) is 247 cm³/mol. The third kappa shape index (κ3) is 10.9. The lowest BCUT2D eigenvalue weighted by Crippen LogP contribution is -2.66. The highest BCUT2D eigenvalue weighted by Crippen LogP contribution is 2.79. The van der Waals surface area contributed by atoms with Gasteiger partial charge >= 0.3 is 5.51 Å². The minimum absolute atomic E-state index is 0.0367. The van der Waals surface area contributed by atoms with Crippen LogP contribution in [-0.2, 0) is 19.9 Å². The Morgan fingerprint density at radius 2 is 1.59 bits per heavy atom. The molecule has 1 amide bonds. The average Bonchev–Trinajstić information content (AvgIpc) is 3.24. The number of benzene rings is 3. The molecule has 2 bridgehead atoms. The van der Waals surface area contributed by atoms with E-state index in [9.17, 15) is 48.7 Å². The number of aliphatic hydroxyl groups is 1. The number of hydrogen-bond donors (Lipinski definition) is 3. The van der Waals surface area contributed by atoms with Gasteiger partial charge in [-0.15, -0.1) is 11.8 Å². The number of piperazine rings is 1. The fourth-order valence-corrected chi connectivity index (χ4v) is 13.2. The standard InChI is InChI=1S/C47H60F5N5O6S3/c1-4-55(24-25-58)19-17-35(29-64-37-8-6-5-7-9-37)53-40-15-14-38(26-41(40)65(60,61)47(50,51)52)66(62,63)54-42(59)33-10-12-36(13-11-33)57-22-20-56(21-23-57)28-34-16-18-44(2,3)27-39(34)45-30-46(31-45,32-45)43(48)49/h5-15,26,35,43,53,58H,4,16-25,27-32H2,1-3H3,(H,54,59)/t35-,45?,46?/m1/s1. The average molecular weight is 982 g/mol. The van der Waals surface area contributed by atoms with Crippen molar-refractivity contribution >= 4 is 48.9 Å². The zero-order chi connectivity index (χ0) is 47.7. The number of nitrogens with one attached hydrogen (secondary N) is 2. The third-order valence-corrected chi connectivity index (χ3v) is 18.0. The number of sulfone groups is 1. The Balaban J connectivity index is 1.01. The lowest BCUT2D eigenvalue weighted by molar-refractivity contribution is -0.250. The summed E-state index contributed by atoms with van der Waals surface area (Å²) in [5.41, 5.74) is -3.30. The summed E-state index contributed by atoms with van der Waals surface area (Å²) in [5.74, 6) is -0.747. The topological polar surface area (TPSA) is 139 Å². The van der Waals surface area contributed by atoms with E-state index in [-0.39, 0.29) is 23.0 Å². The molecular weight excluding hydrogens is 922 g/mol. The van der Waals surface area contributed by atoms with Gasteiger partial charge < -0.3 is 20.2 Å². The lowest BCUT2D eigenvalue weighted by atomic mass is 9.32. The van der Waals surface area contributed by atoms with Crippen molar-refractivity contribution in [3.05, 3.63) is 89.5 Å². The molecule has 1 heterocycles. The molecule has 3 aromatic carbocycles. The molecular formula is C47H60F5N5O6S3. The molecule has 1 aliphatic heterocycles. The van der Waals surface area contributed by atoms with E-state index in [0.717, 1.165) is 61.6 Å². The van der Waals surface area contributed by atoms with Crippen LogP contribution in [0.15, 0.2) is 98.6 Å². The van der Waals surface area contributed by atoms with Crippen LogP contribution in [0.3, 0.4) is 0 Å². The van der Waals surface area contributed by atoms with Crippen LogP contribution >= 0.6 is 11.8 Å². The first-order chi connectivity index (χ1) is 31.1. The first-order valence-electron chi connectivity index (χ1n) is 22.5. The zero-order valence-corrected chi connectivity index (χ0v) is 40.0. The van der Waals surface area contributed by atoms with Gasteiger partial charge in [0.1, 0.15) is 4.90 Å². The summed E-state index contributed by atoms with van der Waals surface area (Å²) in [6, 6.07) is 17.2. The molecule has 1 saturated heterocycles. The van der Waals surface area contributed by atoms with Gasteiger partial charge in [-0.3, -0.25) is 9.69 Å². The molecule has 3 saturated carbocycles. The van der Waals surface area contributed by atoms with Crippen LogP contribution in [0, 0.1) is 16.2 Å². The minimum atomic E-state index is -6.09. The SMILES string of the molecule is CCN(CCO)CC[C@H](CSc1ccccc1)Nc1ccc(S(=O)(=O)NC(=O)c2ccc(N3CCN(CC4=C(C56CC(C(F)F)(C5)C6)CC(C)(C)CC4)CC3)cc2)cc1S(=O)(=O)C(F)(F)F. The maximum absolute atomic E-state index is 14.2. The van der Waals surface area contributed by atoms with Crippen LogP contribution in [0.5, 0.6) is 0 Å². The van der Waals surface area contributed by atoms with Gasteiger partial charge in [0.25, 0.3) is 25.8 Å². The predicted octanol–water partition coefficient (Wildman–Crippen LogP) is 8.44. The zero-order valence-electron chi connectivity index (χ0n) is 37.5. The van der Waals surface area contributed by atoms with Crippen LogP contribution in [-0.4, -0.2) is 120 Å². The Bertz CT molecular complexity index is 2440. The molecule has 4 aliphatic carbocycles. The van der Waals surface area contributed by atoms with Gasteiger partial charge in [0.05, 0.1) is 17.2 Å². The Kier molecular flexibility index (Phi) is 15.0. The number of hydrogen-bond acceptors (Lipinski definition) is 11. The molecule has 0 radical (unpaired) electrons. The number of sulfonamides is 1. The van der Waals surface area contributed by atoms with Gasteiger partial charge in [-0.25, -0.2) is 30.3 Å². The maximum Gasteiger partial charge on any atom is 0.501 e. The van der Waals surface area contributed by atoms with Gasteiger partial charge in [-0.2, -0.15) is 13.2 Å². The number of alkyl halides is 5. The molecule has 3 N–H and O–H groups in total. The van der Waals surface area contributed by atoms with Crippen LogP contribution < -0.4 is 14.9 Å². The number of aliphatic hydroxyl groups excluding tert-OH is 1. The number of halogens is 5. The summed E-state index contributed by atoms with van der Waals surface area (Å²) in [5, 5.41) is 12.4. The highest BCUT2D eigenvalue weighted by molar-refractivity contribution is 7.99. The molecule has 66 heavy (non-hydrogen) atoms. The number of amides is 1. The number of carbonyl (C=O) groups excluding carboxylic acids is 1. The number of allylic oxidation sites excluding steroid dienone is 1. The van der Waals surface area contributed by atoms with Crippen LogP contribution in [0.2, 0.25) is 0 Å². The van der Waals surface area contributed by atoms with Crippen molar-refractivity contribution in [2.45, 2.75) is 98.4 Å². The molecule has 4 fully saturated rings. The maximum atomic E-state index is 14.2. The largest absolute Gasteiger partial charge is 0.501 e. The van der Waals surface area contributed by atoms with E-state index in [1.54, 1.807) is 12.1 Å². The number of rotatable bonds is 20. The van der Waals surface area contributed by atoms with Crippen molar-refractivity contribution < 1.29 is 48.7 Å². The summed E-state index contributed by atoms with van der Waals surface area (Å²) in [6.07, 6.45) is 2.87. The second kappa shape index (κ2) is 19.7. The molecule has 5 aliphatic rings. The van der Waals surface area contributed by atoms with E-state index in [0.29, 0.717) is 70.2 Å². The number of carbonyl (C=O) groups is 1. The number of thioether (sulfide) groups is 1. The van der Waals surface area contributed by atoms with E-state index in [4.69, 9.17) is 0 Å². The third-order valence-electron chi connectivity index (χ3n) is 13.9. The summed E-state index contributed by atoms with van der Waals surface area (Å²) in [6.45, 7) is 11.4. The number of likely N-dealkylation sites (N-methyl/N-ethyl adjacent to an activating group) is 1. The molecule has 362 valence electrons. The van der Waals surface area contributed by atoms with E-state index >= 15 is 0 Å². The molecule has 0 spiro atoms. The molecule has 0 unspecified atom stereocenters. The fourth-order valence-electron chi connectivity index (χ4n) is 10.2. The molecule has 1 atom stereocenters. The van der Waals surface area contributed by atoms with E-state index in [1.807, 2.05) is 46.9 Å². The van der Waals surface area contributed by atoms with Crippen LogP contribution in [0.4, 0.5) is 33.3 Å². The van der Waals surface area contributed by atoms with Crippen LogP contribution in [0.1, 0.15) is 76.1 Å². The normalized spacial score (nSPS) is 22.8. The molecule has 0 aromatic heterocycles. The number of anilines is 2. The molecule has 19 heteroatoms. The summed E-state index contributed by atoms with van der Waals surface area (Å²) < 4.78 is 125. The fraction of sp³-hybridized carbons (Fsp3) is 0.553. The van der Waals surface area contributed by atoms with Gasteiger partial charge in [0, 0.05) is 79.2 Å². The Hall–Kier alpha value is -3.75. The summed E-state index contributed by atoms with van der Waals surface area (Å²) in [4.78, 5) is 18.5. The Morgan fingerprint density at radius 1 is 0.924 bits per heavy atom. The first kappa shape index (κ1) is 50.1.